The molecule has 1 amide bonds. The van der Waals surface area contributed by atoms with Crippen molar-refractivity contribution in [2.75, 3.05) is 46.7 Å². The van der Waals surface area contributed by atoms with Gasteiger partial charge in [0.2, 0.25) is 0 Å². The van der Waals surface area contributed by atoms with Crippen LogP contribution in [0.4, 0.5) is 9.59 Å². The molecule has 1 aliphatic rings. The van der Waals surface area contributed by atoms with Crippen LogP contribution in [0.2, 0.25) is 5.02 Å². The molecule has 0 spiro atoms. The van der Waals surface area contributed by atoms with E-state index >= 15 is 0 Å². The standard InChI is InChI=1S/C28H34Cl2N2O10/c1-5-39-26(34)24-21(32-17(2)22(25(33)37-4)23(24)19-10-6-7-11-20(19)30)16-38-15-12-31-27(35)40-13-8-9-14-41-28(36)42-18(3)29/h6-11,18,22-23H,5,12-16H2,1-4H3,(H,31,35). The zero-order valence-electron chi connectivity index (χ0n) is 23.7. The van der Waals surface area contributed by atoms with E-state index in [1.165, 1.54) is 26.2 Å². The molecule has 42 heavy (non-hydrogen) atoms. The highest BCUT2D eigenvalue weighted by Gasteiger charge is 2.43. The van der Waals surface area contributed by atoms with Crippen LogP contribution in [0.15, 0.2) is 52.7 Å². The lowest BCUT2D eigenvalue weighted by atomic mass is 9.75. The summed E-state index contributed by atoms with van der Waals surface area (Å²) in [7, 11) is 1.26. The predicted octanol–water partition coefficient (Wildman–Crippen LogP) is 4.54. The lowest BCUT2D eigenvalue weighted by Crippen LogP contribution is -2.37. The largest absolute Gasteiger partial charge is 0.510 e. The van der Waals surface area contributed by atoms with E-state index in [0.717, 1.165) is 0 Å². The van der Waals surface area contributed by atoms with E-state index in [4.69, 9.17) is 46.9 Å². The van der Waals surface area contributed by atoms with Crippen LogP contribution in [0.1, 0.15) is 32.3 Å². The topological polar surface area (TPSA) is 148 Å². The van der Waals surface area contributed by atoms with Gasteiger partial charge in [-0.2, -0.15) is 0 Å². The molecule has 230 valence electrons. The molecule has 1 aliphatic heterocycles. The molecule has 0 bridgehead atoms. The molecule has 1 heterocycles. The predicted molar refractivity (Wildman–Crippen MR) is 154 cm³/mol. The average Bonchev–Trinajstić information content (AvgIpc) is 2.94. The van der Waals surface area contributed by atoms with Gasteiger partial charge in [0.05, 0.1) is 38.2 Å². The Bertz CT molecular complexity index is 1200. The van der Waals surface area contributed by atoms with E-state index in [0.29, 0.717) is 16.3 Å². The van der Waals surface area contributed by atoms with Gasteiger partial charge < -0.3 is 33.7 Å². The summed E-state index contributed by atoms with van der Waals surface area (Å²) in [5.74, 6) is -2.95. The Hall–Kier alpha value is -3.61. The number of rotatable bonds is 14. The lowest BCUT2D eigenvalue weighted by molar-refractivity contribution is -0.144. The summed E-state index contributed by atoms with van der Waals surface area (Å²) in [6.07, 6.45) is 1.34. The number of carbonyl (C=O) groups excluding carboxylic acids is 4. The number of alkyl halides is 1. The Kier molecular flexibility index (Phi) is 14.9. The summed E-state index contributed by atoms with van der Waals surface area (Å²) < 4.78 is 30.3. The van der Waals surface area contributed by atoms with E-state index in [-0.39, 0.29) is 50.8 Å². The molecule has 1 N–H and O–H groups in total. The second-order valence-corrected chi connectivity index (χ2v) is 9.63. The van der Waals surface area contributed by atoms with Gasteiger partial charge in [-0.15, -0.1) is 0 Å². The van der Waals surface area contributed by atoms with Crippen LogP contribution in [-0.2, 0) is 38.0 Å². The summed E-state index contributed by atoms with van der Waals surface area (Å²) in [5, 5.41) is 2.89. The second kappa shape index (κ2) is 18.0. The van der Waals surface area contributed by atoms with Gasteiger partial charge in [0.1, 0.15) is 19.1 Å². The maximum Gasteiger partial charge on any atom is 0.510 e. The molecule has 0 saturated heterocycles. The maximum absolute atomic E-state index is 13.2. The van der Waals surface area contributed by atoms with E-state index in [1.54, 1.807) is 38.1 Å². The number of methoxy groups -OCH3 is 1. The Morgan fingerprint density at radius 3 is 2.43 bits per heavy atom. The van der Waals surface area contributed by atoms with Gasteiger partial charge in [-0.1, -0.05) is 41.4 Å². The van der Waals surface area contributed by atoms with E-state index < -0.39 is 41.6 Å². The first-order valence-electron chi connectivity index (χ1n) is 13.0. The van der Waals surface area contributed by atoms with Crippen molar-refractivity contribution in [2.24, 2.45) is 10.9 Å². The zero-order chi connectivity index (χ0) is 31.1. The van der Waals surface area contributed by atoms with E-state index in [1.807, 2.05) is 0 Å². The van der Waals surface area contributed by atoms with Crippen molar-refractivity contribution >= 4 is 53.1 Å². The van der Waals surface area contributed by atoms with Crippen molar-refractivity contribution in [3.63, 3.8) is 0 Å². The number of carbonyl (C=O) groups is 4. The van der Waals surface area contributed by atoms with Crippen LogP contribution >= 0.6 is 23.2 Å². The van der Waals surface area contributed by atoms with E-state index in [9.17, 15) is 19.2 Å². The first kappa shape index (κ1) is 34.6. The number of benzene rings is 1. The number of hydrogen-bond acceptors (Lipinski definition) is 11. The monoisotopic (exact) mass is 628 g/mol. The van der Waals surface area contributed by atoms with Gasteiger partial charge >= 0.3 is 24.2 Å². The fourth-order valence-corrected chi connectivity index (χ4v) is 4.30. The molecule has 0 aromatic heterocycles. The Labute approximate surface area is 253 Å². The molecule has 12 nitrogen and oxygen atoms in total. The molecule has 1 aromatic carbocycles. The van der Waals surface area contributed by atoms with Crippen LogP contribution in [0.3, 0.4) is 0 Å². The van der Waals surface area contributed by atoms with Crippen LogP contribution in [0.5, 0.6) is 0 Å². The molecule has 2 rings (SSSR count). The van der Waals surface area contributed by atoms with Gasteiger partial charge in [-0.3, -0.25) is 9.79 Å². The lowest BCUT2D eigenvalue weighted by Gasteiger charge is -2.32. The van der Waals surface area contributed by atoms with Crippen molar-refractivity contribution in [1.29, 1.82) is 0 Å². The molecule has 0 aliphatic carbocycles. The summed E-state index contributed by atoms with van der Waals surface area (Å²) in [6.45, 7) is 4.81. The van der Waals surface area contributed by atoms with Gasteiger partial charge in [0.25, 0.3) is 0 Å². The van der Waals surface area contributed by atoms with Gasteiger partial charge in [-0.05, 0) is 44.6 Å². The minimum Gasteiger partial charge on any atom is -0.468 e. The van der Waals surface area contributed by atoms with Gasteiger partial charge in [-0.25, -0.2) is 14.4 Å². The number of ether oxygens (including phenoxy) is 6. The summed E-state index contributed by atoms with van der Waals surface area (Å²) in [6, 6.07) is 6.89. The molecule has 1 aromatic rings. The second-order valence-electron chi connectivity index (χ2n) is 8.61. The Morgan fingerprint density at radius 1 is 1.10 bits per heavy atom. The number of esters is 2. The molecule has 3 unspecified atom stereocenters. The fourth-order valence-electron chi connectivity index (χ4n) is 3.98. The van der Waals surface area contributed by atoms with Crippen molar-refractivity contribution < 1.29 is 47.6 Å². The van der Waals surface area contributed by atoms with Crippen LogP contribution in [0, 0.1) is 5.92 Å². The van der Waals surface area contributed by atoms with Crippen LogP contribution in [0.25, 0.3) is 0 Å². The summed E-state index contributed by atoms with van der Waals surface area (Å²) in [4.78, 5) is 53.6. The molecule has 0 saturated carbocycles. The van der Waals surface area contributed by atoms with Crippen molar-refractivity contribution in [3.05, 3.63) is 58.3 Å². The summed E-state index contributed by atoms with van der Waals surface area (Å²) >= 11 is 12.0. The number of alkyl carbamates (subject to hydrolysis) is 1. The molecule has 0 fully saturated rings. The third-order valence-electron chi connectivity index (χ3n) is 5.70. The average molecular weight is 629 g/mol. The highest BCUT2D eigenvalue weighted by atomic mass is 35.5. The number of halogens is 2. The minimum absolute atomic E-state index is 0.0608. The fraction of sp³-hybridized carbons (Fsp3) is 0.464. The van der Waals surface area contributed by atoms with E-state index in [2.05, 4.69) is 15.0 Å². The normalized spacial score (nSPS) is 17.2. The number of aliphatic imine (C=N–C) groups is 1. The quantitative estimate of drug-likeness (QED) is 0.102. The molecule has 3 atom stereocenters. The van der Waals surface area contributed by atoms with Gasteiger partial charge in [0.15, 0.2) is 5.56 Å². The maximum atomic E-state index is 13.2. The molecule has 14 heteroatoms. The van der Waals surface area contributed by atoms with Crippen LogP contribution in [-0.4, -0.2) is 82.2 Å². The third kappa shape index (κ3) is 10.7. The SMILES string of the molecule is CCOC(=O)C1=C(COCCNC(=O)OCC=CCOC(=O)OC(C)Cl)N=C(C)C(C(=O)OC)C1c1ccccc1Cl. The third-order valence-corrected chi connectivity index (χ3v) is 6.13. The highest BCUT2D eigenvalue weighted by Crippen LogP contribution is 2.42. The highest BCUT2D eigenvalue weighted by molar-refractivity contribution is 6.31. The number of hydrogen-bond donors (Lipinski definition) is 1. The Morgan fingerprint density at radius 2 is 1.79 bits per heavy atom. The first-order valence-corrected chi connectivity index (χ1v) is 13.8. The van der Waals surface area contributed by atoms with Crippen LogP contribution < -0.4 is 5.32 Å². The molecular formula is C28H34Cl2N2O10. The van der Waals surface area contributed by atoms with Crippen molar-refractivity contribution in [3.8, 4) is 0 Å². The summed E-state index contributed by atoms with van der Waals surface area (Å²) in [5.41, 5.74) is 0.565. The first-order chi connectivity index (χ1) is 20.1. The number of nitrogens with zero attached hydrogens (tertiary/aromatic N) is 1. The van der Waals surface area contributed by atoms with Gasteiger partial charge in [0, 0.05) is 23.2 Å². The smallest absolute Gasteiger partial charge is 0.468 e. The number of amides is 1. The van der Waals surface area contributed by atoms with Crippen molar-refractivity contribution in [1.82, 2.24) is 5.32 Å². The van der Waals surface area contributed by atoms with Crippen molar-refractivity contribution in [2.45, 2.75) is 32.3 Å². The zero-order valence-corrected chi connectivity index (χ0v) is 25.2. The Balaban J connectivity index is 2.00. The number of nitrogens with one attached hydrogen (secondary N) is 1. The molecular weight excluding hydrogens is 595 g/mol. The minimum atomic E-state index is -0.914. The molecule has 0 radical (unpaired) electrons.